The summed E-state index contributed by atoms with van der Waals surface area (Å²) in [6, 6.07) is 4.98. The van der Waals surface area contributed by atoms with Crippen LogP contribution in [0.4, 0.5) is 5.69 Å². The van der Waals surface area contributed by atoms with E-state index in [0.717, 1.165) is 9.24 Å². The molecule has 4 N–H and O–H groups in total. The number of primary amides is 1. The largest absolute Gasteiger partial charge is 0.398 e. The van der Waals surface area contributed by atoms with E-state index >= 15 is 0 Å². The molecule has 0 radical (unpaired) electrons. The molecule has 0 spiro atoms. The monoisotopic (exact) mass is 251 g/mol. The van der Waals surface area contributed by atoms with Crippen LogP contribution in [0.2, 0.25) is 0 Å². The van der Waals surface area contributed by atoms with Crippen LogP contribution >= 0.6 is 23.1 Å². The maximum atomic E-state index is 11.0. The summed E-state index contributed by atoms with van der Waals surface area (Å²) in [4.78, 5) is 16.0. The van der Waals surface area contributed by atoms with E-state index in [4.69, 9.17) is 11.5 Å². The SMILES string of the molecule is NC(=O)c1ccc(N)c(Sc2nccs2)c1. The summed E-state index contributed by atoms with van der Waals surface area (Å²) in [6.07, 6.45) is 1.72. The van der Waals surface area contributed by atoms with Crippen LogP contribution in [0.1, 0.15) is 10.4 Å². The molecule has 1 amide bonds. The molecule has 1 aromatic heterocycles. The lowest BCUT2D eigenvalue weighted by molar-refractivity contribution is 0.1000. The van der Waals surface area contributed by atoms with Crippen LogP contribution in [0, 0.1) is 0 Å². The fourth-order valence-electron chi connectivity index (χ4n) is 1.13. The molecular formula is C10H9N3OS2. The molecular weight excluding hydrogens is 242 g/mol. The number of thiazole rings is 1. The minimum atomic E-state index is -0.457. The lowest BCUT2D eigenvalue weighted by Crippen LogP contribution is -2.11. The van der Waals surface area contributed by atoms with Gasteiger partial charge in [0.15, 0.2) is 4.34 Å². The average molecular weight is 251 g/mol. The van der Waals surface area contributed by atoms with Crippen molar-refractivity contribution < 1.29 is 4.79 Å². The molecule has 16 heavy (non-hydrogen) atoms. The highest BCUT2D eigenvalue weighted by Gasteiger charge is 2.07. The summed E-state index contributed by atoms with van der Waals surface area (Å²) in [7, 11) is 0. The van der Waals surface area contributed by atoms with E-state index in [1.807, 2.05) is 5.38 Å². The van der Waals surface area contributed by atoms with Crippen LogP contribution in [0.25, 0.3) is 0 Å². The van der Waals surface area contributed by atoms with Crippen molar-refractivity contribution in [3.63, 3.8) is 0 Å². The van der Waals surface area contributed by atoms with Gasteiger partial charge in [0.25, 0.3) is 0 Å². The molecule has 2 rings (SSSR count). The second-order valence-corrected chi connectivity index (χ2v) is 5.20. The molecule has 0 saturated heterocycles. The van der Waals surface area contributed by atoms with Gasteiger partial charge in [-0.05, 0) is 18.2 Å². The van der Waals surface area contributed by atoms with Crippen molar-refractivity contribution in [1.29, 1.82) is 0 Å². The van der Waals surface area contributed by atoms with E-state index < -0.39 is 5.91 Å². The van der Waals surface area contributed by atoms with Crippen molar-refractivity contribution in [2.75, 3.05) is 5.73 Å². The molecule has 0 fully saturated rings. The van der Waals surface area contributed by atoms with Gasteiger partial charge in [-0.25, -0.2) is 4.98 Å². The van der Waals surface area contributed by atoms with Gasteiger partial charge in [0, 0.05) is 27.7 Å². The Hall–Kier alpha value is -1.53. The van der Waals surface area contributed by atoms with Gasteiger partial charge in [-0.3, -0.25) is 4.79 Å². The summed E-state index contributed by atoms with van der Waals surface area (Å²) >= 11 is 2.95. The summed E-state index contributed by atoms with van der Waals surface area (Å²) in [5.41, 5.74) is 12.1. The number of aromatic nitrogens is 1. The second-order valence-electron chi connectivity index (χ2n) is 3.02. The molecule has 0 aliphatic heterocycles. The predicted octanol–water partition coefficient (Wildman–Crippen LogP) is 1.98. The predicted molar refractivity (Wildman–Crippen MR) is 65.6 cm³/mol. The molecule has 0 unspecified atom stereocenters. The zero-order valence-corrected chi connectivity index (χ0v) is 9.85. The lowest BCUT2D eigenvalue weighted by Gasteiger charge is -2.04. The zero-order valence-electron chi connectivity index (χ0n) is 8.21. The minimum absolute atomic E-state index is 0.452. The third-order valence-corrected chi connectivity index (χ3v) is 3.86. The van der Waals surface area contributed by atoms with E-state index in [9.17, 15) is 4.79 Å². The average Bonchev–Trinajstić information content (AvgIpc) is 2.73. The first kappa shape index (κ1) is 11.0. The summed E-state index contributed by atoms with van der Waals surface area (Å²) in [5.74, 6) is -0.457. The van der Waals surface area contributed by atoms with Gasteiger partial charge < -0.3 is 11.5 Å². The molecule has 1 heterocycles. The van der Waals surface area contributed by atoms with Crippen molar-refractivity contribution in [1.82, 2.24) is 4.98 Å². The molecule has 4 nitrogen and oxygen atoms in total. The number of carbonyl (C=O) groups excluding carboxylic acids is 1. The van der Waals surface area contributed by atoms with Crippen molar-refractivity contribution in [3.05, 3.63) is 35.3 Å². The first-order valence-corrected chi connectivity index (χ1v) is 6.13. The Bertz CT molecular complexity index is 511. The Morgan fingerprint density at radius 1 is 1.44 bits per heavy atom. The fourth-order valence-corrected chi connectivity index (χ4v) is 2.79. The Labute approximate surface area is 101 Å². The number of hydrogen-bond acceptors (Lipinski definition) is 5. The molecule has 82 valence electrons. The number of carbonyl (C=O) groups is 1. The first-order valence-electron chi connectivity index (χ1n) is 4.43. The van der Waals surface area contributed by atoms with Gasteiger partial charge in [-0.2, -0.15) is 0 Å². The van der Waals surface area contributed by atoms with E-state index in [-0.39, 0.29) is 0 Å². The van der Waals surface area contributed by atoms with E-state index in [1.54, 1.807) is 24.4 Å². The number of nitrogen functional groups attached to an aromatic ring is 1. The van der Waals surface area contributed by atoms with Crippen molar-refractivity contribution in [2.45, 2.75) is 9.24 Å². The van der Waals surface area contributed by atoms with Crippen molar-refractivity contribution >= 4 is 34.7 Å². The first-order chi connectivity index (χ1) is 7.66. The van der Waals surface area contributed by atoms with Crippen LogP contribution in [-0.4, -0.2) is 10.9 Å². The highest BCUT2D eigenvalue weighted by Crippen LogP contribution is 2.33. The Morgan fingerprint density at radius 2 is 2.25 bits per heavy atom. The Morgan fingerprint density at radius 3 is 2.88 bits per heavy atom. The number of nitrogens with zero attached hydrogens (tertiary/aromatic N) is 1. The molecule has 0 aliphatic rings. The van der Waals surface area contributed by atoms with Gasteiger partial charge in [-0.1, -0.05) is 11.8 Å². The quantitative estimate of drug-likeness (QED) is 0.817. The fraction of sp³-hybridized carbons (Fsp3) is 0. The van der Waals surface area contributed by atoms with Gasteiger partial charge in [0.1, 0.15) is 0 Å². The smallest absolute Gasteiger partial charge is 0.248 e. The summed E-state index contributed by atoms with van der Waals surface area (Å²) < 4.78 is 0.883. The molecule has 0 saturated carbocycles. The maximum Gasteiger partial charge on any atom is 0.248 e. The Balaban J connectivity index is 2.32. The standard InChI is InChI=1S/C10H9N3OS2/c11-7-2-1-6(9(12)14)5-8(7)16-10-13-3-4-15-10/h1-5H,11H2,(H2,12,14). The van der Waals surface area contributed by atoms with E-state index in [1.165, 1.54) is 23.1 Å². The molecule has 0 atom stereocenters. The van der Waals surface area contributed by atoms with Crippen molar-refractivity contribution in [2.24, 2.45) is 5.73 Å². The normalized spacial score (nSPS) is 10.2. The van der Waals surface area contributed by atoms with Crippen LogP contribution < -0.4 is 11.5 Å². The number of rotatable bonds is 3. The molecule has 1 aromatic carbocycles. The summed E-state index contributed by atoms with van der Waals surface area (Å²) in [5, 5.41) is 1.89. The minimum Gasteiger partial charge on any atom is -0.398 e. The topological polar surface area (TPSA) is 82.0 Å². The van der Waals surface area contributed by atoms with Crippen LogP contribution in [0.15, 0.2) is 39.0 Å². The van der Waals surface area contributed by atoms with Gasteiger partial charge in [0.2, 0.25) is 5.91 Å². The molecule has 2 aromatic rings. The van der Waals surface area contributed by atoms with E-state index in [2.05, 4.69) is 4.98 Å². The molecule has 6 heteroatoms. The molecule has 0 bridgehead atoms. The van der Waals surface area contributed by atoms with Crippen LogP contribution in [0.3, 0.4) is 0 Å². The zero-order chi connectivity index (χ0) is 11.5. The number of anilines is 1. The summed E-state index contributed by atoms with van der Waals surface area (Å²) in [6.45, 7) is 0. The number of benzene rings is 1. The van der Waals surface area contributed by atoms with Crippen molar-refractivity contribution in [3.8, 4) is 0 Å². The lowest BCUT2D eigenvalue weighted by atomic mass is 10.2. The number of amides is 1. The number of hydrogen-bond donors (Lipinski definition) is 2. The highest BCUT2D eigenvalue weighted by atomic mass is 32.2. The van der Waals surface area contributed by atoms with E-state index in [0.29, 0.717) is 11.3 Å². The maximum absolute atomic E-state index is 11.0. The third-order valence-electron chi connectivity index (χ3n) is 1.91. The van der Waals surface area contributed by atoms with Crippen LogP contribution in [0.5, 0.6) is 0 Å². The van der Waals surface area contributed by atoms with Crippen LogP contribution in [-0.2, 0) is 0 Å². The third kappa shape index (κ3) is 2.34. The second kappa shape index (κ2) is 4.54. The number of nitrogens with two attached hydrogens (primary N) is 2. The Kier molecular flexibility index (Phi) is 3.12. The van der Waals surface area contributed by atoms with Gasteiger partial charge in [0.05, 0.1) is 0 Å². The molecule has 0 aliphatic carbocycles. The van der Waals surface area contributed by atoms with Gasteiger partial charge >= 0.3 is 0 Å². The van der Waals surface area contributed by atoms with Gasteiger partial charge in [-0.15, -0.1) is 11.3 Å². The highest BCUT2D eigenvalue weighted by molar-refractivity contribution is 8.01.